The van der Waals surface area contributed by atoms with E-state index in [1.807, 2.05) is 18.3 Å². The number of nitrogens with zero attached hydrogens (tertiary/aromatic N) is 4. The molecular formula is C22H25N5OS. The number of carbonyl (C=O) groups is 1. The van der Waals surface area contributed by atoms with Gasteiger partial charge in [-0.15, -0.1) is 11.3 Å². The first-order valence-corrected chi connectivity index (χ1v) is 11.2. The Morgan fingerprint density at radius 2 is 2.10 bits per heavy atom. The normalized spacial score (nSPS) is 21.9. The van der Waals surface area contributed by atoms with Gasteiger partial charge in [-0.3, -0.25) is 9.78 Å². The molecule has 1 fully saturated rings. The highest BCUT2D eigenvalue weighted by Gasteiger charge is 2.32. The Balaban J connectivity index is 1.71. The molecule has 29 heavy (non-hydrogen) atoms. The summed E-state index contributed by atoms with van der Waals surface area (Å²) in [5, 5.41) is 1.19. The lowest BCUT2D eigenvalue weighted by atomic mass is 9.92. The first-order valence-electron chi connectivity index (χ1n) is 10.4. The smallest absolute Gasteiger partial charge is 0.222 e. The molecule has 0 aromatic carbocycles. The zero-order valence-electron chi connectivity index (χ0n) is 16.6. The van der Waals surface area contributed by atoms with Crippen molar-refractivity contribution >= 4 is 33.3 Å². The van der Waals surface area contributed by atoms with Gasteiger partial charge < -0.3 is 10.6 Å². The van der Waals surface area contributed by atoms with Gasteiger partial charge in [0.05, 0.1) is 11.3 Å². The van der Waals surface area contributed by atoms with Gasteiger partial charge in [0.1, 0.15) is 10.6 Å². The second-order valence-corrected chi connectivity index (χ2v) is 9.27. The number of nitrogens with two attached hydrogens (primary N) is 1. The number of aryl methyl sites for hydroxylation is 2. The average Bonchev–Trinajstić information content (AvgIpc) is 3.12. The zero-order valence-corrected chi connectivity index (χ0v) is 17.4. The summed E-state index contributed by atoms with van der Waals surface area (Å²) in [6.45, 7) is 2.84. The van der Waals surface area contributed by atoms with Gasteiger partial charge in [-0.1, -0.05) is 0 Å². The van der Waals surface area contributed by atoms with Crippen LogP contribution in [0.25, 0.3) is 21.6 Å². The molecule has 4 heterocycles. The monoisotopic (exact) mass is 407 g/mol. The summed E-state index contributed by atoms with van der Waals surface area (Å²) in [7, 11) is 0. The van der Waals surface area contributed by atoms with Gasteiger partial charge in [-0.25, -0.2) is 9.97 Å². The maximum Gasteiger partial charge on any atom is 0.222 e. The number of carbonyl (C=O) groups excluding carboxylic acids is 1. The summed E-state index contributed by atoms with van der Waals surface area (Å²) in [5.41, 5.74) is 8.00. The van der Waals surface area contributed by atoms with Gasteiger partial charge in [0, 0.05) is 35.4 Å². The van der Waals surface area contributed by atoms with E-state index in [0.29, 0.717) is 18.4 Å². The highest BCUT2D eigenvalue weighted by Crippen LogP contribution is 2.42. The van der Waals surface area contributed by atoms with Gasteiger partial charge in [-0.05, 0) is 63.1 Å². The van der Waals surface area contributed by atoms with E-state index >= 15 is 0 Å². The molecule has 5 rings (SSSR count). The summed E-state index contributed by atoms with van der Waals surface area (Å²) in [6.07, 6.45) is 10.0. The van der Waals surface area contributed by atoms with Crippen LogP contribution in [-0.4, -0.2) is 33.4 Å². The summed E-state index contributed by atoms with van der Waals surface area (Å²) in [5.74, 6) is 1.32. The van der Waals surface area contributed by atoms with Crippen molar-refractivity contribution in [2.45, 2.75) is 51.5 Å². The van der Waals surface area contributed by atoms with E-state index in [1.165, 1.54) is 28.7 Å². The fourth-order valence-electron chi connectivity index (χ4n) is 4.60. The average molecular weight is 408 g/mol. The standard InChI is InChI=1S/C22H25N5OS/c1-13-8-9-15(19(23)28)12-27(13)21-18-16-6-2-3-7-17(16)29-22(18)26-20(25-21)14-5-4-10-24-11-14/h4-5,10-11,13,15H,2-3,6-9,12H2,1H3,(H2,23,28)/t13-,15-/m1/s1. The largest absolute Gasteiger partial charge is 0.369 e. The maximum absolute atomic E-state index is 11.9. The van der Waals surface area contributed by atoms with Crippen molar-refractivity contribution in [2.75, 3.05) is 11.4 Å². The van der Waals surface area contributed by atoms with Gasteiger partial charge >= 0.3 is 0 Å². The van der Waals surface area contributed by atoms with E-state index in [9.17, 15) is 4.79 Å². The van der Waals surface area contributed by atoms with Crippen molar-refractivity contribution in [1.29, 1.82) is 0 Å². The third kappa shape index (κ3) is 3.27. The Morgan fingerprint density at radius 1 is 1.24 bits per heavy atom. The van der Waals surface area contributed by atoms with Crippen molar-refractivity contribution in [2.24, 2.45) is 11.7 Å². The number of aromatic nitrogens is 3. The molecule has 0 radical (unpaired) electrons. The van der Waals surface area contributed by atoms with Gasteiger partial charge in [0.15, 0.2) is 5.82 Å². The minimum Gasteiger partial charge on any atom is -0.369 e. The van der Waals surface area contributed by atoms with E-state index in [-0.39, 0.29) is 11.8 Å². The highest BCUT2D eigenvalue weighted by atomic mass is 32.1. The topological polar surface area (TPSA) is 85.0 Å². The van der Waals surface area contributed by atoms with Crippen LogP contribution in [-0.2, 0) is 17.6 Å². The van der Waals surface area contributed by atoms with Crippen LogP contribution in [0.3, 0.4) is 0 Å². The number of piperidine rings is 1. The van der Waals surface area contributed by atoms with Crippen molar-refractivity contribution in [3.8, 4) is 11.4 Å². The molecule has 2 atom stereocenters. The molecule has 6 nitrogen and oxygen atoms in total. The number of anilines is 1. The third-order valence-electron chi connectivity index (χ3n) is 6.27. The minimum atomic E-state index is -0.216. The lowest BCUT2D eigenvalue weighted by Crippen LogP contribution is -2.46. The van der Waals surface area contributed by atoms with Crippen LogP contribution in [0.5, 0.6) is 0 Å². The minimum absolute atomic E-state index is 0.132. The quantitative estimate of drug-likeness (QED) is 0.715. The molecule has 150 valence electrons. The number of primary amides is 1. The van der Waals surface area contributed by atoms with Crippen LogP contribution in [0.1, 0.15) is 43.0 Å². The van der Waals surface area contributed by atoms with Crippen LogP contribution in [0.4, 0.5) is 5.82 Å². The molecule has 0 bridgehead atoms. The molecule has 7 heteroatoms. The van der Waals surface area contributed by atoms with Crippen molar-refractivity contribution < 1.29 is 4.79 Å². The number of rotatable bonds is 3. The van der Waals surface area contributed by atoms with Crippen LogP contribution in [0.2, 0.25) is 0 Å². The van der Waals surface area contributed by atoms with E-state index in [4.69, 9.17) is 15.7 Å². The predicted octanol–water partition coefficient (Wildman–Crippen LogP) is 3.72. The maximum atomic E-state index is 11.9. The summed E-state index contributed by atoms with van der Waals surface area (Å²) < 4.78 is 0. The van der Waals surface area contributed by atoms with Gasteiger partial charge in [0.25, 0.3) is 0 Å². The molecule has 0 spiro atoms. The van der Waals surface area contributed by atoms with Crippen LogP contribution in [0, 0.1) is 5.92 Å². The van der Waals surface area contributed by atoms with E-state index in [1.54, 1.807) is 17.5 Å². The molecule has 2 aliphatic rings. The molecule has 1 aliphatic heterocycles. The molecular weight excluding hydrogens is 382 g/mol. The lowest BCUT2D eigenvalue weighted by Gasteiger charge is -2.38. The fraction of sp³-hybridized carbons (Fsp3) is 0.455. The Kier molecular flexibility index (Phi) is 4.70. The van der Waals surface area contributed by atoms with Crippen LogP contribution < -0.4 is 10.6 Å². The number of hydrogen-bond acceptors (Lipinski definition) is 6. The molecule has 0 unspecified atom stereocenters. The SMILES string of the molecule is C[C@@H]1CC[C@@H](C(N)=O)CN1c1nc(-c2cccnc2)nc2sc3c(c12)CCCC3. The molecule has 1 saturated heterocycles. The Bertz CT molecular complexity index is 1060. The number of pyridine rings is 1. The predicted molar refractivity (Wildman–Crippen MR) is 116 cm³/mol. The van der Waals surface area contributed by atoms with Crippen molar-refractivity contribution in [3.63, 3.8) is 0 Å². The number of fused-ring (bicyclic) bond motifs is 3. The summed E-state index contributed by atoms with van der Waals surface area (Å²) in [4.78, 5) is 31.0. The van der Waals surface area contributed by atoms with E-state index < -0.39 is 0 Å². The van der Waals surface area contributed by atoms with Gasteiger partial charge in [0.2, 0.25) is 5.91 Å². The molecule has 2 N–H and O–H groups in total. The molecule has 1 amide bonds. The molecule has 3 aromatic heterocycles. The van der Waals surface area contributed by atoms with E-state index in [2.05, 4.69) is 16.8 Å². The molecule has 1 aliphatic carbocycles. The first-order chi connectivity index (χ1) is 14.1. The Labute approximate surface area is 174 Å². The Hall–Kier alpha value is -2.54. The number of hydrogen-bond donors (Lipinski definition) is 1. The van der Waals surface area contributed by atoms with Crippen LogP contribution in [0.15, 0.2) is 24.5 Å². The van der Waals surface area contributed by atoms with Crippen molar-refractivity contribution in [1.82, 2.24) is 15.0 Å². The fourth-order valence-corrected chi connectivity index (χ4v) is 5.86. The van der Waals surface area contributed by atoms with E-state index in [0.717, 1.165) is 41.9 Å². The second kappa shape index (κ2) is 7.37. The molecule has 3 aromatic rings. The Morgan fingerprint density at radius 3 is 2.90 bits per heavy atom. The zero-order chi connectivity index (χ0) is 20.0. The highest BCUT2D eigenvalue weighted by molar-refractivity contribution is 7.19. The summed E-state index contributed by atoms with van der Waals surface area (Å²) in [6, 6.07) is 4.22. The first kappa shape index (κ1) is 18.5. The third-order valence-corrected chi connectivity index (χ3v) is 7.46. The summed E-state index contributed by atoms with van der Waals surface area (Å²) >= 11 is 1.81. The second-order valence-electron chi connectivity index (χ2n) is 8.18. The number of amides is 1. The number of thiophene rings is 1. The molecule has 0 saturated carbocycles. The van der Waals surface area contributed by atoms with Crippen molar-refractivity contribution in [3.05, 3.63) is 35.0 Å². The lowest BCUT2D eigenvalue weighted by molar-refractivity contribution is -0.122. The van der Waals surface area contributed by atoms with Gasteiger partial charge in [-0.2, -0.15) is 0 Å². The van der Waals surface area contributed by atoms with Crippen LogP contribution >= 0.6 is 11.3 Å².